The van der Waals surface area contributed by atoms with Gasteiger partial charge in [-0.3, -0.25) is 4.79 Å². The monoisotopic (exact) mass is 335 g/mol. The number of rotatable bonds is 7. The van der Waals surface area contributed by atoms with Crippen molar-refractivity contribution in [1.29, 1.82) is 0 Å². The van der Waals surface area contributed by atoms with Crippen LogP contribution in [-0.4, -0.2) is 35.9 Å². The van der Waals surface area contributed by atoms with Crippen LogP contribution >= 0.6 is 11.8 Å². The summed E-state index contributed by atoms with van der Waals surface area (Å²) in [5.74, 6) is -0.497. The van der Waals surface area contributed by atoms with E-state index < -0.39 is 5.97 Å². The number of carbonyl (C=O) groups excluding carboxylic acids is 2. The number of hydrogen-bond acceptors (Lipinski definition) is 7. The van der Waals surface area contributed by atoms with Crippen molar-refractivity contribution in [2.75, 3.05) is 24.6 Å². The van der Waals surface area contributed by atoms with Crippen molar-refractivity contribution < 1.29 is 18.8 Å². The number of aromatic nitrogens is 1. The lowest BCUT2D eigenvalue weighted by atomic mass is 10.2. The second kappa shape index (κ2) is 8.23. The highest BCUT2D eigenvalue weighted by Crippen LogP contribution is 2.17. The molecule has 8 heteroatoms. The lowest BCUT2D eigenvalue weighted by molar-refractivity contribution is -0.124. The van der Waals surface area contributed by atoms with Crippen LogP contribution in [0, 0.1) is 6.92 Å². The summed E-state index contributed by atoms with van der Waals surface area (Å²) in [6, 6.07) is 9.86. The number of nitrogens with one attached hydrogen (secondary N) is 1. The molecule has 0 unspecified atom stereocenters. The van der Waals surface area contributed by atoms with Gasteiger partial charge in [-0.2, -0.15) is 0 Å². The van der Waals surface area contributed by atoms with Crippen LogP contribution in [0.3, 0.4) is 0 Å². The minimum absolute atomic E-state index is 0.0532. The molecular weight excluding hydrogens is 318 g/mol. The molecule has 23 heavy (non-hydrogen) atoms. The lowest BCUT2D eigenvalue weighted by Gasteiger charge is -2.06. The van der Waals surface area contributed by atoms with Crippen LogP contribution in [0.2, 0.25) is 0 Å². The largest absolute Gasteiger partial charge is 0.452 e. The van der Waals surface area contributed by atoms with Crippen LogP contribution in [0.5, 0.6) is 0 Å². The number of thioether (sulfide) groups is 1. The molecule has 0 fully saturated rings. The molecule has 1 heterocycles. The third-order valence-electron chi connectivity index (χ3n) is 2.86. The fourth-order valence-electron chi connectivity index (χ4n) is 1.77. The highest BCUT2D eigenvalue weighted by molar-refractivity contribution is 7.99. The van der Waals surface area contributed by atoms with Gasteiger partial charge in [0.05, 0.1) is 5.69 Å². The molecule has 3 N–H and O–H groups in total. The van der Waals surface area contributed by atoms with E-state index in [4.69, 9.17) is 10.5 Å². The first-order valence-corrected chi connectivity index (χ1v) is 7.90. The second-order valence-corrected chi connectivity index (χ2v) is 5.76. The van der Waals surface area contributed by atoms with Crippen molar-refractivity contribution in [3.05, 3.63) is 41.6 Å². The van der Waals surface area contributed by atoms with Crippen molar-refractivity contribution in [3.8, 4) is 0 Å². The van der Waals surface area contributed by atoms with Crippen molar-refractivity contribution in [3.63, 3.8) is 0 Å². The predicted molar refractivity (Wildman–Crippen MR) is 86.1 cm³/mol. The number of benzene rings is 1. The molecule has 2 aromatic rings. The summed E-state index contributed by atoms with van der Waals surface area (Å²) in [5, 5.41) is 6.23. The first kappa shape index (κ1) is 16.9. The van der Waals surface area contributed by atoms with Gasteiger partial charge in [0.2, 0.25) is 5.88 Å². The molecule has 0 aliphatic heterocycles. The third-order valence-corrected chi connectivity index (χ3v) is 3.88. The Kier molecular flexibility index (Phi) is 6.04. The number of anilines is 1. The van der Waals surface area contributed by atoms with Gasteiger partial charge in [0.15, 0.2) is 6.61 Å². The Morgan fingerprint density at radius 1 is 1.35 bits per heavy atom. The Morgan fingerprint density at radius 3 is 2.74 bits per heavy atom. The van der Waals surface area contributed by atoms with E-state index in [1.54, 1.807) is 18.7 Å². The Labute approximate surface area is 137 Å². The zero-order valence-corrected chi connectivity index (χ0v) is 13.4. The number of hydrogen-bond donors (Lipinski definition) is 2. The van der Waals surface area contributed by atoms with Crippen molar-refractivity contribution in [2.24, 2.45) is 0 Å². The summed E-state index contributed by atoms with van der Waals surface area (Å²) in [6.45, 7) is 1.67. The molecule has 0 spiro atoms. The van der Waals surface area contributed by atoms with Crippen LogP contribution in [0.15, 0.2) is 39.8 Å². The van der Waals surface area contributed by atoms with Gasteiger partial charge in [-0.1, -0.05) is 23.4 Å². The number of carbonyl (C=O) groups is 2. The van der Waals surface area contributed by atoms with E-state index in [-0.39, 0.29) is 24.0 Å². The number of esters is 1. The van der Waals surface area contributed by atoms with Gasteiger partial charge in [0.1, 0.15) is 5.56 Å². The number of nitrogen functional groups attached to an aromatic ring is 1. The maximum atomic E-state index is 11.8. The highest BCUT2D eigenvalue weighted by Gasteiger charge is 2.20. The Balaban J connectivity index is 1.66. The Bertz CT molecular complexity index is 653. The first-order chi connectivity index (χ1) is 11.1. The zero-order valence-electron chi connectivity index (χ0n) is 12.6. The standard InChI is InChI=1S/C15H17N3O4S/c1-10-13(14(16)22-18-10)15(20)21-9-12(19)17-7-8-23-11-5-3-2-4-6-11/h2-6H,7-9,16H2,1H3,(H,17,19). The molecule has 1 aromatic carbocycles. The van der Waals surface area contributed by atoms with Crippen LogP contribution in [0.4, 0.5) is 5.88 Å². The van der Waals surface area contributed by atoms with Gasteiger partial charge in [-0.05, 0) is 19.1 Å². The van der Waals surface area contributed by atoms with E-state index in [0.717, 1.165) is 10.6 Å². The Morgan fingerprint density at radius 2 is 2.09 bits per heavy atom. The van der Waals surface area contributed by atoms with E-state index in [2.05, 4.69) is 15.0 Å². The fourth-order valence-corrected chi connectivity index (χ4v) is 2.56. The summed E-state index contributed by atoms with van der Waals surface area (Å²) in [5.41, 5.74) is 5.85. The summed E-state index contributed by atoms with van der Waals surface area (Å²) in [7, 11) is 0. The zero-order chi connectivity index (χ0) is 16.7. The maximum Gasteiger partial charge on any atom is 0.346 e. The SMILES string of the molecule is Cc1noc(N)c1C(=O)OCC(=O)NCCSc1ccccc1. The molecule has 0 aliphatic carbocycles. The molecule has 0 saturated heterocycles. The van der Waals surface area contributed by atoms with Gasteiger partial charge in [-0.25, -0.2) is 4.79 Å². The van der Waals surface area contributed by atoms with E-state index in [9.17, 15) is 9.59 Å². The summed E-state index contributed by atoms with van der Waals surface area (Å²) >= 11 is 1.63. The molecule has 0 saturated carbocycles. The summed E-state index contributed by atoms with van der Waals surface area (Å²) in [6.07, 6.45) is 0. The summed E-state index contributed by atoms with van der Waals surface area (Å²) in [4.78, 5) is 24.5. The normalized spacial score (nSPS) is 10.3. The van der Waals surface area contributed by atoms with Crippen LogP contribution in [0.25, 0.3) is 0 Å². The lowest BCUT2D eigenvalue weighted by Crippen LogP contribution is -2.30. The fraction of sp³-hybridized carbons (Fsp3) is 0.267. The average molecular weight is 335 g/mol. The van der Waals surface area contributed by atoms with Crippen molar-refractivity contribution in [1.82, 2.24) is 10.5 Å². The molecule has 1 aromatic heterocycles. The third kappa shape index (κ3) is 5.03. The molecule has 0 aliphatic rings. The van der Waals surface area contributed by atoms with E-state index in [0.29, 0.717) is 12.2 Å². The minimum atomic E-state index is -0.727. The van der Waals surface area contributed by atoms with Gasteiger partial charge >= 0.3 is 5.97 Å². The minimum Gasteiger partial charge on any atom is -0.452 e. The number of aryl methyl sites for hydroxylation is 1. The number of nitrogens with two attached hydrogens (primary N) is 1. The van der Waals surface area contributed by atoms with Gasteiger partial charge in [0.25, 0.3) is 5.91 Å². The predicted octanol–water partition coefficient (Wildman–Crippen LogP) is 1.63. The molecule has 0 radical (unpaired) electrons. The number of ether oxygens (including phenoxy) is 1. The molecule has 7 nitrogen and oxygen atoms in total. The second-order valence-electron chi connectivity index (χ2n) is 4.59. The molecule has 2 rings (SSSR count). The van der Waals surface area contributed by atoms with Crippen LogP contribution in [-0.2, 0) is 9.53 Å². The molecule has 122 valence electrons. The first-order valence-electron chi connectivity index (χ1n) is 6.91. The molecular formula is C15H17N3O4S. The maximum absolute atomic E-state index is 11.8. The van der Waals surface area contributed by atoms with E-state index in [1.807, 2.05) is 30.3 Å². The average Bonchev–Trinajstić information content (AvgIpc) is 2.89. The number of nitrogens with zero attached hydrogens (tertiary/aromatic N) is 1. The summed E-state index contributed by atoms with van der Waals surface area (Å²) < 4.78 is 9.56. The quantitative estimate of drug-likeness (QED) is 0.450. The molecule has 0 atom stereocenters. The van der Waals surface area contributed by atoms with Crippen LogP contribution < -0.4 is 11.1 Å². The van der Waals surface area contributed by atoms with Crippen molar-refractivity contribution in [2.45, 2.75) is 11.8 Å². The van der Waals surface area contributed by atoms with Gasteiger partial charge in [-0.15, -0.1) is 11.8 Å². The number of amides is 1. The topological polar surface area (TPSA) is 107 Å². The van der Waals surface area contributed by atoms with Crippen molar-refractivity contribution >= 4 is 29.5 Å². The smallest absolute Gasteiger partial charge is 0.346 e. The van der Waals surface area contributed by atoms with Gasteiger partial charge < -0.3 is 20.3 Å². The molecule has 0 bridgehead atoms. The van der Waals surface area contributed by atoms with E-state index >= 15 is 0 Å². The highest BCUT2D eigenvalue weighted by atomic mass is 32.2. The van der Waals surface area contributed by atoms with Crippen LogP contribution in [0.1, 0.15) is 16.1 Å². The van der Waals surface area contributed by atoms with Gasteiger partial charge in [0, 0.05) is 17.2 Å². The molecule has 1 amide bonds. The van der Waals surface area contributed by atoms with E-state index in [1.165, 1.54) is 0 Å². The Hall–Kier alpha value is -2.48.